The van der Waals surface area contributed by atoms with E-state index in [4.69, 9.17) is 19.5 Å². The molecule has 138 valence electrons. The van der Waals surface area contributed by atoms with Gasteiger partial charge in [0.2, 0.25) is 5.95 Å². The summed E-state index contributed by atoms with van der Waals surface area (Å²) in [4.78, 5) is 12.3. The molecule has 1 aromatic carbocycles. The van der Waals surface area contributed by atoms with Crippen LogP contribution in [-0.4, -0.2) is 19.6 Å². The smallest absolute Gasteiger partial charge is 0.227 e. The number of aryl methyl sites for hydroxylation is 2. The fourth-order valence-corrected chi connectivity index (χ4v) is 5.12. The highest BCUT2D eigenvalue weighted by Crippen LogP contribution is 2.39. The van der Waals surface area contributed by atoms with Gasteiger partial charge in [0, 0.05) is 10.4 Å². The van der Waals surface area contributed by atoms with Crippen molar-refractivity contribution in [1.82, 2.24) is 19.6 Å². The van der Waals surface area contributed by atoms with Crippen LogP contribution in [0.5, 0.6) is 0 Å². The molecule has 4 heterocycles. The number of fused-ring (bicyclic) bond motifs is 5. The molecule has 0 radical (unpaired) electrons. The van der Waals surface area contributed by atoms with Gasteiger partial charge in [-0.15, -0.1) is 16.4 Å². The van der Waals surface area contributed by atoms with Gasteiger partial charge in [0.15, 0.2) is 11.5 Å². The Kier molecular flexibility index (Phi) is 3.49. The number of rotatable bonds is 4. The molecule has 6 nitrogen and oxygen atoms in total. The summed E-state index contributed by atoms with van der Waals surface area (Å²) in [6.07, 6.45) is 5.12. The van der Waals surface area contributed by atoms with Crippen molar-refractivity contribution in [2.24, 2.45) is 0 Å². The van der Waals surface area contributed by atoms with E-state index >= 15 is 0 Å². The molecule has 4 aromatic heterocycles. The quantitative estimate of drug-likeness (QED) is 0.484. The number of furan rings is 1. The fraction of sp³-hybridized carbons (Fsp3) is 0.190. The Morgan fingerprint density at radius 1 is 1.07 bits per heavy atom. The van der Waals surface area contributed by atoms with Gasteiger partial charge in [-0.25, -0.2) is 9.97 Å². The van der Waals surface area contributed by atoms with Gasteiger partial charge in [0.25, 0.3) is 0 Å². The second-order valence-electron chi connectivity index (χ2n) is 6.94. The normalized spacial score (nSPS) is 13.4. The highest BCUT2D eigenvalue weighted by atomic mass is 32.1. The predicted octanol–water partition coefficient (Wildman–Crippen LogP) is 4.70. The average Bonchev–Trinajstić information content (AvgIpc) is 3.49. The molecule has 0 atom stereocenters. The van der Waals surface area contributed by atoms with Crippen LogP contribution >= 0.6 is 11.3 Å². The van der Waals surface area contributed by atoms with E-state index in [0.29, 0.717) is 18.3 Å². The Labute approximate surface area is 164 Å². The van der Waals surface area contributed by atoms with Gasteiger partial charge in [-0.05, 0) is 37.0 Å². The number of thiophene rings is 1. The zero-order valence-corrected chi connectivity index (χ0v) is 15.9. The SMILES string of the molecule is c1ccc(-c2nc3c4c5c(sc4nc(NCc4ccco4)n3n2)CCC5)cc1. The van der Waals surface area contributed by atoms with Crippen molar-refractivity contribution in [3.63, 3.8) is 0 Å². The van der Waals surface area contributed by atoms with E-state index < -0.39 is 0 Å². The van der Waals surface area contributed by atoms with E-state index in [-0.39, 0.29) is 0 Å². The lowest BCUT2D eigenvalue weighted by Crippen LogP contribution is -2.07. The van der Waals surface area contributed by atoms with Gasteiger partial charge in [-0.1, -0.05) is 30.3 Å². The molecule has 0 fully saturated rings. The van der Waals surface area contributed by atoms with Crippen molar-refractivity contribution in [3.8, 4) is 11.4 Å². The first-order chi connectivity index (χ1) is 13.9. The Hall–Kier alpha value is -3.19. The Balaban J connectivity index is 1.56. The lowest BCUT2D eigenvalue weighted by atomic mass is 10.2. The molecule has 1 aliphatic carbocycles. The van der Waals surface area contributed by atoms with E-state index in [9.17, 15) is 0 Å². The zero-order chi connectivity index (χ0) is 18.5. The van der Waals surface area contributed by atoms with E-state index in [1.54, 1.807) is 17.6 Å². The maximum atomic E-state index is 5.45. The lowest BCUT2D eigenvalue weighted by molar-refractivity contribution is 0.517. The first kappa shape index (κ1) is 15.8. The molecule has 0 aliphatic heterocycles. The van der Waals surface area contributed by atoms with E-state index in [1.165, 1.54) is 16.9 Å². The maximum Gasteiger partial charge on any atom is 0.227 e. The van der Waals surface area contributed by atoms with Crippen LogP contribution in [0.25, 0.3) is 27.3 Å². The molecule has 1 N–H and O–H groups in total. The highest BCUT2D eigenvalue weighted by Gasteiger charge is 2.24. The Bertz CT molecular complexity index is 1290. The van der Waals surface area contributed by atoms with Crippen molar-refractivity contribution in [3.05, 3.63) is 64.9 Å². The van der Waals surface area contributed by atoms with Crippen LogP contribution in [0.1, 0.15) is 22.6 Å². The monoisotopic (exact) mass is 387 g/mol. The Morgan fingerprint density at radius 3 is 2.86 bits per heavy atom. The topological polar surface area (TPSA) is 68.2 Å². The molecular formula is C21H17N5OS. The van der Waals surface area contributed by atoms with Crippen LogP contribution in [0, 0.1) is 0 Å². The molecule has 0 spiro atoms. The third-order valence-electron chi connectivity index (χ3n) is 5.17. The molecule has 7 heteroatoms. The molecule has 0 unspecified atom stereocenters. The summed E-state index contributed by atoms with van der Waals surface area (Å²) in [7, 11) is 0. The standard InChI is InChI=1S/C21H17N5OS/c1-2-6-13(7-3-1)18-23-19-17-15-9-4-10-16(15)28-20(17)24-21(26(19)25-18)22-12-14-8-5-11-27-14/h1-3,5-8,11H,4,9-10,12H2,(H,22,24). The fourth-order valence-electron chi connectivity index (χ4n) is 3.87. The molecular weight excluding hydrogens is 370 g/mol. The van der Waals surface area contributed by atoms with Crippen molar-refractivity contribution in [2.45, 2.75) is 25.8 Å². The number of anilines is 1. The van der Waals surface area contributed by atoms with Crippen LogP contribution in [0.15, 0.2) is 53.1 Å². The number of benzene rings is 1. The number of aromatic nitrogens is 4. The molecule has 5 aromatic rings. The van der Waals surface area contributed by atoms with E-state index in [0.717, 1.165) is 40.0 Å². The molecule has 28 heavy (non-hydrogen) atoms. The zero-order valence-electron chi connectivity index (χ0n) is 15.1. The van der Waals surface area contributed by atoms with Crippen LogP contribution in [0.2, 0.25) is 0 Å². The predicted molar refractivity (Wildman–Crippen MR) is 110 cm³/mol. The maximum absolute atomic E-state index is 5.45. The first-order valence-corrected chi connectivity index (χ1v) is 10.2. The summed E-state index contributed by atoms with van der Waals surface area (Å²) in [5, 5.41) is 9.33. The summed E-state index contributed by atoms with van der Waals surface area (Å²) >= 11 is 1.79. The Morgan fingerprint density at radius 2 is 2.00 bits per heavy atom. The van der Waals surface area contributed by atoms with Crippen LogP contribution in [0.4, 0.5) is 5.95 Å². The summed E-state index contributed by atoms with van der Waals surface area (Å²) in [6, 6.07) is 13.9. The minimum absolute atomic E-state index is 0.548. The molecule has 6 rings (SSSR count). The third-order valence-corrected chi connectivity index (χ3v) is 6.36. The van der Waals surface area contributed by atoms with Gasteiger partial charge in [-0.3, -0.25) is 0 Å². The van der Waals surface area contributed by atoms with Gasteiger partial charge < -0.3 is 9.73 Å². The van der Waals surface area contributed by atoms with Crippen molar-refractivity contribution < 1.29 is 4.42 Å². The van der Waals surface area contributed by atoms with E-state index in [1.807, 2.05) is 47.0 Å². The molecule has 0 amide bonds. The van der Waals surface area contributed by atoms with E-state index in [2.05, 4.69) is 5.32 Å². The largest absolute Gasteiger partial charge is 0.467 e. The second-order valence-corrected chi connectivity index (χ2v) is 8.03. The summed E-state index contributed by atoms with van der Waals surface area (Å²) in [5.41, 5.74) is 3.29. The second kappa shape index (κ2) is 6.17. The number of nitrogens with zero attached hydrogens (tertiary/aromatic N) is 4. The number of nitrogens with one attached hydrogen (secondary N) is 1. The van der Waals surface area contributed by atoms with Crippen molar-refractivity contribution >= 4 is 33.1 Å². The molecule has 0 saturated heterocycles. The van der Waals surface area contributed by atoms with Gasteiger partial charge in [0.05, 0.1) is 18.2 Å². The average molecular weight is 387 g/mol. The summed E-state index contributed by atoms with van der Waals surface area (Å²) in [5.74, 6) is 2.26. The molecule has 0 saturated carbocycles. The third kappa shape index (κ3) is 2.43. The minimum atomic E-state index is 0.548. The first-order valence-electron chi connectivity index (χ1n) is 9.39. The minimum Gasteiger partial charge on any atom is -0.467 e. The summed E-state index contributed by atoms with van der Waals surface area (Å²) < 4.78 is 7.29. The summed E-state index contributed by atoms with van der Waals surface area (Å²) in [6.45, 7) is 0.548. The van der Waals surface area contributed by atoms with Gasteiger partial charge >= 0.3 is 0 Å². The molecule has 1 aliphatic rings. The highest BCUT2D eigenvalue weighted by molar-refractivity contribution is 7.19. The van der Waals surface area contributed by atoms with Gasteiger partial charge in [-0.2, -0.15) is 4.52 Å². The van der Waals surface area contributed by atoms with Crippen molar-refractivity contribution in [2.75, 3.05) is 5.32 Å². The molecule has 0 bridgehead atoms. The van der Waals surface area contributed by atoms with Crippen LogP contribution in [-0.2, 0) is 19.4 Å². The van der Waals surface area contributed by atoms with Crippen molar-refractivity contribution in [1.29, 1.82) is 0 Å². The van der Waals surface area contributed by atoms with Crippen LogP contribution < -0.4 is 5.32 Å². The number of hydrogen-bond donors (Lipinski definition) is 1. The number of hydrogen-bond acceptors (Lipinski definition) is 6. The van der Waals surface area contributed by atoms with Gasteiger partial charge in [0.1, 0.15) is 10.6 Å². The van der Waals surface area contributed by atoms with Crippen LogP contribution in [0.3, 0.4) is 0 Å². The lowest BCUT2D eigenvalue weighted by Gasteiger charge is -2.06.